The van der Waals surface area contributed by atoms with Gasteiger partial charge < -0.3 is 9.47 Å². The normalized spacial score (nSPS) is 11.9. The summed E-state index contributed by atoms with van der Waals surface area (Å²) in [5, 5.41) is -4.93. The topological polar surface area (TPSA) is 107 Å². The van der Waals surface area contributed by atoms with E-state index < -0.39 is 21.3 Å². The third-order valence-electron chi connectivity index (χ3n) is 3.92. The number of esters is 2. The average Bonchev–Trinajstić information content (AvgIpc) is 2.60. The lowest BCUT2D eigenvalue weighted by molar-refractivity contribution is -0.161. The van der Waals surface area contributed by atoms with Gasteiger partial charge in [-0.3, -0.25) is 4.55 Å². The van der Waals surface area contributed by atoms with Gasteiger partial charge >= 0.3 is 27.3 Å². The summed E-state index contributed by atoms with van der Waals surface area (Å²) in [7, 11) is -5.81. The van der Waals surface area contributed by atoms with E-state index in [-0.39, 0.29) is 12.6 Å². The minimum atomic E-state index is -5.81. The Morgan fingerprint density at radius 3 is 1.57 bits per heavy atom. The van der Waals surface area contributed by atoms with Crippen molar-refractivity contribution in [2.45, 2.75) is 76.4 Å². The number of hydrogen-bond acceptors (Lipinski definition) is 6. The number of hydrogen-bond donors (Lipinski definition) is 1. The van der Waals surface area contributed by atoms with Crippen molar-refractivity contribution >= 4 is 22.1 Å². The molecule has 164 valence electrons. The summed E-state index contributed by atoms with van der Waals surface area (Å²) in [6.07, 6.45) is 8.88. The molecule has 1 N–H and O–H groups in total. The predicted octanol–water partition coefficient (Wildman–Crippen LogP) is 4.03. The Morgan fingerprint density at radius 1 is 0.857 bits per heavy atom. The number of carbonyl (C=O) groups is 2. The molecule has 0 saturated heterocycles. The Kier molecular flexibility index (Phi) is 12.8. The fourth-order valence-corrected chi connectivity index (χ4v) is 2.53. The molecule has 0 aliphatic rings. The zero-order chi connectivity index (χ0) is 21.6. The standard InChI is InChI=1S/C18H30F2O7S/c1-15(2)16(21)26-13-11-9-7-5-3-4-6-8-10-12-14-27-17(22)18(19,20)28(23,24)25/h1,3-14H2,2H3,(H,23,24,25). The number of alkyl halides is 2. The lowest BCUT2D eigenvalue weighted by Crippen LogP contribution is -2.39. The van der Waals surface area contributed by atoms with Gasteiger partial charge in [-0.1, -0.05) is 57.9 Å². The molecule has 28 heavy (non-hydrogen) atoms. The first-order valence-electron chi connectivity index (χ1n) is 9.35. The molecule has 0 aromatic carbocycles. The van der Waals surface area contributed by atoms with Gasteiger partial charge in [0.25, 0.3) is 0 Å². The summed E-state index contributed by atoms with van der Waals surface area (Å²) < 4.78 is 64.0. The maximum atomic E-state index is 12.9. The van der Waals surface area contributed by atoms with Crippen LogP contribution in [-0.4, -0.2) is 43.4 Å². The first-order valence-corrected chi connectivity index (χ1v) is 10.8. The number of halogens is 2. The minimum Gasteiger partial charge on any atom is -0.462 e. The first kappa shape index (κ1) is 26.4. The molecule has 0 aromatic heterocycles. The van der Waals surface area contributed by atoms with Gasteiger partial charge in [0.05, 0.1) is 13.2 Å². The van der Waals surface area contributed by atoms with Crippen molar-refractivity contribution in [2.75, 3.05) is 13.2 Å². The highest BCUT2D eigenvalue weighted by Gasteiger charge is 2.54. The van der Waals surface area contributed by atoms with Crippen LogP contribution in [0.15, 0.2) is 12.2 Å². The molecule has 7 nitrogen and oxygen atoms in total. The minimum absolute atomic E-state index is 0.320. The smallest absolute Gasteiger partial charge is 0.462 e. The fraction of sp³-hybridized carbons (Fsp3) is 0.778. The number of rotatable bonds is 16. The van der Waals surface area contributed by atoms with Crippen molar-refractivity contribution in [3.05, 3.63) is 12.2 Å². The van der Waals surface area contributed by atoms with Gasteiger partial charge in [0, 0.05) is 5.57 Å². The van der Waals surface area contributed by atoms with E-state index >= 15 is 0 Å². The van der Waals surface area contributed by atoms with Crippen molar-refractivity contribution < 1.29 is 40.8 Å². The van der Waals surface area contributed by atoms with Crippen molar-refractivity contribution in [1.82, 2.24) is 0 Å². The molecule has 0 rings (SSSR count). The summed E-state index contributed by atoms with van der Waals surface area (Å²) in [6.45, 7) is 5.20. The summed E-state index contributed by atoms with van der Waals surface area (Å²) in [5.74, 6) is -2.62. The first-order chi connectivity index (χ1) is 13.0. The number of unbranched alkanes of at least 4 members (excludes halogenated alkanes) is 9. The van der Waals surface area contributed by atoms with Crippen molar-refractivity contribution in [1.29, 1.82) is 0 Å². The molecule has 0 saturated carbocycles. The molecule has 10 heteroatoms. The van der Waals surface area contributed by atoms with E-state index in [1.54, 1.807) is 6.92 Å². The Hall–Kier alpha value is -1.55. The van der Waals surface area contributed by atoms with E-state index in [0.717, 1.165) is 51.4 Å². The van der Waals surface area contributed by atoms with Crippen molar-refractivity contribution in [3.63, 3.8) is 0 Å². The molecule has 0 aromatic rings. The zero-order valence-electron chi connectivity index (χ0n) is 16.3. The van der Waals surface area contributed by atoms with Crippen LogP contribution in [0.3, 0.4) is 0 Å². The van der Waals surface area contributed by atoms with Gasteiger partial charge in [0.15, 0.2) is 0 Å². The van der Waals surface area contributed by atoms with Crippen LogP contribution in [0, 0.1) is 0 Å². The van der Waals surface area contributed by atoms with Crippen LogP contribution in [0.2, 0.25) is 0 Å². The second-order valence-electron chi connectivity index (χ2n) is 6.58. The number of ether oxygens (including phenoxy) is 2. The highest BCUT2D eigenvalue weighted by molar-refractivity contribution is 7.87. The molecule has 0 heterocycles. The molecule has 0 spiro atoms. The van der Waals surface area contributed by atoms with E-state index in [4.69, 9.17) is 9.29 Å². The van der Waals surface area contributed by atoms with Crippen molar-refractivity contribution in [3.8, 4) is 0 Å². The van der Waals surface area contributed by atoms with Crippen LogP contribution in [0.25, 0.3) is 0 Å². The van der Waals surface area contributed by atoms with E-state index in [1.807, 2.05) is 0 Å². The van der Waals surface area contributed by atoms with Crippen LogP contribution < -0.4 is 0 Å². The Bertz CT molecular complexity index is 603. The van der Waals surface area contributed by atoms with Crippen LogP contribution in [0.1, 0.15) is 71.1 Å². The maximum Gasteiger partial charge on any atom is 0.465 e. The maximum absolute atomic E-state index is 12.9. The second kappa shape index (κ2) is 13.6. The molecule has 0 radical (unpaired) electrons. The van der Waals surface area contributed by atoms with Gasteiger partial charge in [-0.05, 0) is 19.8 Å². The van der Waals surface area contributed by atoms with Gasteiger partial charge in [0.2, 0.25) is 0 Å². The lowest BCUT2D eigenvalue weighted by Gasteiger charge is -2.11. The Labute approximate surface area is 165 Å². The van der Waals surface area contributed by atoms with Gasteiger partial charge in [0.1, 0.15) is 0 Å². The van der Waals surface area contributed by atoms with E-state index in [1.165, 1.54) is 0 Å². The van der Waals surface area contributed by atoms with Crippen LogP contribution >= 0.6 is 0 Å². The van der Waals surface area contributed by atoms with Crippen LogP contribution in [-0.2, 0) is 29.2 Å². The highest BCUT2D eigenvalue weighted by Crippen LogP contribution is 2.22. The SMILES string of the molecule is C=C(C)C(=O)OCCCCCCCCCCCCOC(=O)C(F)(F)S(=O)(=O)O. The largest absolute Gasteiger partial charge is 0.465 e. The zero-order valence-corrected chi connectivity index (χ0v) is 17.1. The molecule has 0 aliphatic carbocycles. The van der Waals surface area contributed by atoms with E-state index in [0.29, 0.717) is 25.0 Å². The summed E-state index contributed by atoms with van der Waals surface area (Å²) in [5.41, 5.74) is 0.397. The molecule has 0 fully saturated rings. The summed E-state index contributed by atoms with van der Waals surface area (Å²) in [6, 6.07) is 0. The predicted molar refractivity (Wildman–Crippen MR) is 99.4 cm³/mol. The summed E-state index contributed by atoms with van der Waals surface area (Å²) >= 11 is 0. The monoisotopic (exact) mass is 428 g/mol. The highest BCUT2D eigenvalue weighted by atomic mass is 32.2. The molecule has 0 amide bonds. The quantitative estimate of drug-likeness (QED) is 0.171. The van der Waals surface area contributed by atoms with Crippen LogP contribution in [0.5, 0.6) is 0 Å². The lowest BCUT2D eigenvalue weighted by atomic mass is 10.1. The van der Waals surface area contributed by atoms with Crippen molar-refractivity contribution in [2.24, 2.45) is 0 Å². The average molecular weight is 428 g/mol. The Morgan fingerprint density at radius 2 is 1.21 bits per heavy atom. The molecular weight excluding hydrogens is 398 g/mol. The molecule has 0 bridgehead atoms. The molecule has 0 unspecified atom stereocenters. The fourth-order valence-electron chi connectivity index (χ4n) is 2.26. The molecule has 0 aliphatic heterocycles. The Balaban J connectivity index is 3.46. The molecule has 0 atom stereocenters. The van der Waals surface area contributed by atoms with E-state index in [2.05, 4.69) is 11.3 Å². The van der Waals surface area contributed by atoms with Gasteiger partial charge in [-0.25, -0.2) is 9.59 Å². The third kappa shape index (κ3) is 11.3. The second-order valence-corrected chi connectivity index (χ2v) is 8.04. The van der Waals surface area contributed by atoms with E-state index in [9.17, 15) is 26.8 Å². The van der Waals surface area contributed by atoms with Gasteiger partial charge in [-0.15, -0.1) is 0 Å². The molecular formula is C18H30F2O7S. The van der Waals surface area contributed by atoms with Gasteiger partial charge in [-0.2, -0.15) is 17.2 Å². The summed E-state index contributed by atoms with van der Waals surface area (Å²) in [4.78, 5) is 22.1. The third-order valence-corrected chi connectivity index (χ3v) is 4.73. The number of carbonyl (C=O) groups excluding carboxylic acids is 2. The van der Waals surface area contributed by atoms with Crippen LogP contribution in [0.4, 0.5) is 8.78 Å².